The van der Waals surface area contributed by atoms with Crippen LogP contribution in [0, 0.1) is 0 Å². The lowest BCUT2D eigenvalue weighted by Gasteiger charge is -2.30. The molecule has 3 aromatic rings. The first-order valence-electron chi connectivity index (χ1n) is 9.79. The number of ether oxygens (including phenoxy) is 1. The smallest absolute Gasteiger partial charge is 0.319 e. The van der Waals surface area contributed by atoms with Crippen LogP contribution >= 0.6 is 0 Å². The topological polar surface area (TPSA) is 80.1 Å². The first-order chi connectivity index (χ1) is 13.2. The predicted molar refractivity (Wildman–Crippen MR) is 108 cm³/mol. The van der Waals surface area contributed by atoms with Gasteiger partial charge >= 0.3 is 6.01 Å². The number of H-pyrrole nitrogens is 1. The number of nitrogen functional groups attached to an aromatic ring is 1. The van der Waals surface area contributed by atoms with Crippen LogP contribution in [0.1, 0.15) is 42.9 Å². The fourth-order valence-electron chi connectivity index (χ4n) is 3.35. The maximum absolute atomic E-state index is 6.09. The third-order valence-electron chi connectivity index (χ3n) is 5.11. The Labute approximate surface area is 159 Å². The molecule has 0 aliphatic carbocycles. The molecule has 6 nitrogen and oxygen atoms in total. The molecule has 0 bridgehead atoms. The molecular formula is C21H27N5O. The summed E-state index contributed by atoms with van der Waals surface area (Å²) in [5, 5.41) is 0. The standard InChI is InChI=1S/C21H27N5O/c1-2-3-11-27-21-24-18-17(13-23-19(18)20(22)25-21)12-15-5-7-16(8-6-15)14-26-9-4-10-26/h5-8,13,23H,2-4,9-12,14H2,1H3,(H2,22,24,25). The van der Waals surface area contributed by atoms with Crippen molar-refractivity contribution in [1.29, 1.82) is 0 Å². The Morgan fingerprint density at radius 1 is 1.15 bits per heavy atom. The number of likely N-dealkylation sites (tertiary alicyclic amines) is 1. The Morgan fingerprint density at radius 2 is 1.93 bits per heavy atom. The van der Waals surface area contributed by atoms with Crippen molar-refractivity contribution in [3.8, 4) is 6.01 Å². The summed E-state index contributed by atoms with van der Waals surface area (Å²) in [5.74, 6) is 0.433. The molecule has 3 N–H and O–H groups in total. The molecule has 1 saturated heterocycles. The van der Waals surface area contributed by atoms with Crippen LogP contribution < -0.4 is 10.5 Å². The summed E-state index contributed by atoms with van der Waals surface area (Å²) < 4.78 is 5.66. The number of nitrogens with one attached hydrogen (secondary N) is 1. The monoisotopic (exact) mass is 365 g/mol. The summed E-state index contributed by atoms with van der Waals surface area (Å²) in [6.45, 7) is 6.23. The fraction of sp³-hybridized carbons (Fsp3) is 0.429. The zero-order chi connectivity index (χ0) is 18.6. The number of aromatic nitrogens is 3. The lowest BCUT2D eigenvalue weighted by molar-refractivity contribution is 0.172. The number of unbranched alkanes of at least 4 members (excludes halogenated alkanes) is 1. The molecule has 0 atom stereocenters. The average molecular weight is 365 g/mol. The van der Waals surface area contributed by atoms with Gasteiger partial charge in [0.05, 0.1) is 6.61 Å². The van der Waals surface area contributed by atoms with Crippen molar-refractivity contribution in [2.45, 2.75) is 39.2 Å². The molecule has 0 saturated carbocycles. The van der Waals surface area contributed by atoms with Crippen LogP contribution in [0.2, 0.25) is 0 Å². The van der Waals surface area contributed by atoms with Gasteiger partial charge in [0.1, 0.15) is 11.0 Å². The molecule has 27 heavy (non-hydrogen) atoms. The highest BCUT2D eigenvalue weighted by Gasteiger charge is 2.15. The van der Waals surface area contributed by atoms with Gasteiger partial charge in [-0.1, -0.05) is 37.6 Å². The van der Waals surface area contributed by atoms with Crippen molar-refractivity contribution in [2.24, 2.45) is 0 Å². The summed E-state index contributed by atoms with van der Waals surface area (Å²) in [6.07, 6.45) is 6.15. The van der Waals surface area contributed by atoms with Crippen molar-refractivity contribution in [1.82, 2.24) is 19.9 Å². The van der Waals surface area contributed by atoms with Gasteiger partial charge in [0.15, 0.2) is 5.82 Å². The minimum Gasteiger partial charge on any atom is -0.463 e. The number of fused-ring (bicyclic) bond motifs is 1. The second kappa shape index (κ2) is 7.96. The van der Waals surface area contributed by atoms with Crippen molar-refractivity contribution >= 4 is 16.9 Å². The van der Waals surface area contributed by atoms with Crippen molar-refractivity contribution in [2.75, 3.05) is 25.4 Å². The van der Waals surface area contributed by atoms with Gasteiger partial charge in [-0.3, -0.25) is 4.90 Å². The summed E-state index contributed by atoms with van der Waals surface area (Å²) in [4.78, 5) is 14.5. The van der Waals surface area contributed by atoms with Crippen molar-refractivity contribution < 1.29 is 4.74 Å². The van der Waals surface area contributed by atoms with E-state index in [0.717, 1.165) is 42.4 Å². The second-order valence-electron chi connectivity index (χ2n) is 7.25. The number of hydrogen-bond acceptors (Lipinski definition) is 5. The minimum absolute atomic E-state index is 0.360. The Kier molecular flexibility index (Phi) is 5.25. The molecule has 0 unspecified atom stereocenters. The zero-order valence-electron chi connectivity index (χ0n) is 15.9. The van der Waals surface area contributed by atoms with Gasteiger partial charge in [0, 0.05) is 24.7 Å². The first kappa shape index (κ1) is 17.8. The average Bonchev–Trinajstić information content (AvgIpc) is 3.03. The molecule has 6 heteroatoms. The van der Waals surface area contributed by atoms with E-state index in [-0.39, 0.29) is 0 Å². The molecule has 0 radical (unpaired) electrons. The van der Waals surface area contributed by atoms with E-state index in [4.69, 9.17) is 10.5 Å². The van der Waals surface area contributed by atoms with Gasteiger partial charge in [0.2, 0.25) is 0 Å². The maximum atomic E-state index is 6.09. The highest BCUT2D eigenvalue weighted by atomic mass is 16.5. The number of nitrogens with two attached hydrogens (primary N) is 1. The van der Waals surface area contributed by atoms with E-state index < -0.39 is 0 Å². The van der Waals surface area contributed by atoms with Gasteiger partial charge in [0.25, 0.3) is 0 Å². The lowest BCUT2D eigenvalue weighted by Crippen LogP contribution is -2.36. The van der Waals surface area contributed by atoms with E-state index in [1.165, 1.54) is 30.6 Å². The minimum atomic E-state index is 0.360. The lowest BCUT2D eigenvalue weighted by atomic mass is 10.0. The third-order valence-corrected chi connectivity index (χ3v) is 5.11. The Hall–Kier alpha value is -2.60. The summed E-state index contributed by atoms with van der Waals surface area (Å²) in [6, 6.07) is 9.23. The van der Waals surface area contributed by atoms with E-state index >= 15 is 0 Å². The van der Waals surface area contributed by atoms with Crippen LogP contribution in [-0.2, 0) is 13.0 Å². The first-order valence-corrected chi connectivity index (χ1v) is 9.79. The number of benzene rings is 1. The summed E-state index contributed by atoms with van der Waals surface area (Å²) >= 11 is 0. The Balaban J connectivity index is 1.50. The molecule has 3 heterocycles. The van der Waals surface area contributed by atoms with Gasteiger partial charge in [-0.15, -0.1) is 0 Å². The van der Waals surface area contributed by atoms with E-state index in [0.29, 0.717) is 18.4 Å². The fourth-order valence-corrected chi connectivity index (χ4v) is 3.35. The van der Waals surface area contributed by atoms with E-state index in [1.54, 1.807) is 0 Å². The third kappa shape index (κ3) is 4.06. The molecule has 2 aromatic heterocycles. The highest BCUT2D eigenvalue weighted by molar-refractivity contribution is 5.87. The number of nitrogens with zero attached hydrogens (tertiary/aromatic N) is 3. The van der Waals surface area contributed by atoms with Crippen molar-refractivity contribution in [3.05, 3.63) is 47.2 Å². The molecule has 1 aliphatic rings. The molecule has 0 amide bonds. The molecule has 1 aromatic carbocycles. The normalized spacial score (nSPS) is 14.4. The van der Waals surface area contributed by atoms with Crippen LogP contribution in [0.15, 0.2) is 30.5 Å². The quantitative estimate of drug-likeness (QED) is 0.597. The van der Waals surface area contributed by atoms with Gasteiger partial charge in [-0.05, 0) is 37.1 Å². The zero-order valence-corrected chi connectivity index (χ0v) is 15.9. The van der Waals surface area contributed by atoms with E-state index in [2.05, 4.69) is 51.0 Å². The van der Waals surface area contributed by atoms with E-state index in [1.807, 2.05) is 6.20 Å². The van der Waals surface area contributed by atoms with Crippen molar-refractivity contribution in [3.63, 3.8) is 0 Å². The Morgan fingerprint density at radius 3 is 2.63 bits per heavy atom. The summed E-state index contributed by atoms with van der Waals surface area (Å²) in [5.41, 5.74) is 11.4. The SMILES string of the molecule is CCCCOc1nc(N)c2[nH]cc(Cc3ccc(CN4CCC4)cc3)c2n1. The molecule has 1 aliphatic heterocycles. The van der Waals surface area contributed by atoms with Gasteiger partial charge in [-0.25, -0.2) is 0 Å². The molecular weight excluding hydrogens is 338 g/mol. The second-order valence-corrected chi connectivity index (χ2v) is 7.25. The van der Waals surface area contributed by atoms with Gasteiger partial charge < -0.3 is 15.5 Å². The van der Waals surface area contributed by atoms with Crippen LogP contribution in [0.5, 0.6) is 6.01 Å². The van der Waals surface area contributed by atoms with Crippen LogP contribution in [0.4, 0.5) is 5.82 Å². The van der Waals surface area contributed by atoms with Gasteiger partial charge in [-0.2, -0.15) is 9.97 Å². The number of anilines is 1. The van der Waals surface area contributed by atoms with Crippen LogP contribution in [-0.4, -0.2) is 39.5 Å². The highest BCUT2D eigenvalue weighted by Crippen LogP contribution is 2.25. The largest absolute Gasteiger partial charge is 0.463 e. The summed E-state index contributed by atoms with van der Waals surface area (Å²) in [7, 11) is 0. The number of rotatable bonds is 8. The molecule has 4 rings (SSSR count). The molecule has 142 valence electrons. The predicted octanol–water partition coefficient (Wildman–Crippen LogP) is 3.52. The van der Waals surface area contributed by atoms with Crippen LogP contribution in [0.3, 0.4) is 0 Å². The van der Waals surface area contributed by atoms with Crippen LogP contribution in [0.25, 0.3) is 11.0 Å². The number of aromatic amines is 1. The molecule has 1 fully saturated rings. The number of hydrogen-bond donors (Lipinski definition) is 2. The van der Waals surface area contributed by atoms with E-state index in [9.17, 15) is 0 Å². The molecule has 0 spiro atoms. The maximum Gasteiger partial charge on any atom is 0.319 e. The Bertz CT molecular complexity index is 899.